The van der Waals surface area contributed by atoms with Gasteiger partial charge in [0.05, 0.1) is 6.10 Å². The molecule has 1 saturated heterocycles. The Labute approximate surface area is 99.7 Å². The van der Waals surface area contributed by atoms with E-state index in [9.17, 15) is 13.9 Å². The van der Waals surface area contributed by atoms with Gasteiger partial charge in [0.15, 0.2) is 0 Å². The fourth-order valence-corrected chi connectivity index (χ4v) is 2.29. The smallest absolute Gasteiger partial charge is 0.129 e. The number of hydrogen-bond donors (Lipinski definition) is 2. The molecule has 1 aliphatic heterocycles. The minimum atomic E-state index is -0.583. The van der Waals surface area contributed by atoms with Gasteiger partial charge in [0.1, 0.15) is 11.6 Å². The molecule has 94 valence electrons. The first-order valence-electron chi connectivity index (χ1n) is 5.99. The quantitative estimate of drug-likeness (QED) is 0.846. The van der Waals surface area contributed by atoms with E-state index >= 15 is 0 Å². The summed E-state index contributed by atoms with van der Waals surface area (Å²) >= 11 is 0. The van der Waals surface area contributed by atoms with Gasteiger partial charge in [-0.15, -0.1) is 0 Å². The molecule has 1 aromatic rings. The molecule has 0 saturated carbocycles. The monoisotopic (exact) mass is 241 g/mol. The Morgan fingerprint density at radius 2 is 2.24 bits per heavy atom. The van der Waals surface area contributed by atoms with Crippen molar-refractivity contribution in [1.29, 1.82) is 0 Å². The van der Waals surface area contributed by atoms with Crippen LogP contribution in [-0.4, -0.2) is 24.3 Å². The largest absolute Gasteiger partial charge is 0.392 e. The highest BCUT2D eigenvalue weighted by atomic mass is 19.1. The molecule has 2 rings (SSSR count). The van der Waals surface area contributed by atoms with Crippen LogP contribution in [-0.2, 0) is 6.42 Å². The van der Waals surface area contributed by atoms with Gasteiger partial charge in [-0.05, 0) is 36.9 Å². The molecular formula is C13H17F2NO. The molecular weight excluding hydrogens is 224 g/mol. The van der Waals surface area contributed by atoms with Crippen molar-refractivity contribution in [3.8, 4) is 0 Å². The van der Waals surface area contributed by atoms with Crippen LogP contribution in [0.4, 0.5) is 8.78 Å². The zero-order valence-corrected chi connectivity index (χ0v) is 9.63. The maximum Gasteiger partial charge on any atom is 0.129 e. The van der Waals surface area contributed by atoms with Crippen LogP contribution in [0.2, 0.25) is 0 Å². The second-order valence-corrected chi connectivity index (χ2v) is 4.61. The average Bonchev–Trinajstić information content (AvgIpc) is 2.34. The summed E-state index contributed by atoms with van der Waals surface area (Å²) in [5.74, 6) is -0.999. The molecule has 17 heavy (non-hydrogen) atoms. The summed E-state index contributed by atoms with van der Waals surface area (Å²) in [6.07, 6.45) is 1.67. The van der Waals surface area contributed by atoms with E-state index in [1.165, 1.54) is 12.1 Å². The average molecular weight is 241 g/mol. The molecule has 0 amide bonds. The molecule has 4 heteroatoms. The Morgan fingerprint density at radius 3 is 2.88 bits per heavy atom. The topological polar surface area (TPSA) is 32.3 Å². The predicted octanol–water partition coefficient (Wildman–Crippen LogP) is 1.87. The number of aliphatic hydroxyl groups is 1. The highest BCUT2D eigenvalue weighted by Crippen LogP contribution is 2.19. The lowest BCUT2D eigenvalue weighted by atomic mass is 9.90. The normalized spacial score (nSPS) is 22.4. The Kier molecular flexibility index (Phi) is 4.07. The highest BCUT2D eigenvalue weighted by Gasteiger charge is 2.22. The van der Waals surface area contributed by atoms with Gasteiger partial charge < -0.3 is 10.4 Å². The van der Waals surface area contributed by atoms with Gasteiger partial charge in [0.2, 0.25) is 0 Å². The summed E-state index contributed by atoms with van der Waals surface area (Å²) in [4.78, 5) is 0. The molecule has 1 aromatic carbocycles. The first kappa shape index (κ1) is 12.5. The van der Waals surface area contributed by atoms with E-state index in [0.717, 1.165) is 32.0 Å². The van der Waals surface area contributed by atoms with Crippen molar-refractivity contribution in [3.05, 3.63) is 35.4 Å². The molecule has 0 aromatic heterocycles. The van der Waals surface area contributed by atoms with E-state index in [0.29, 0.717) is 5.56 Å². The minimum absolute atomic E-state index is 0.160. The van der Waals surface area contributed by atoms with E-state index in [4.69, 9.17) is 0 Å². The highest BCUT2D eigenvalue weighted by molar-refractivity contribution is 5.19. The number of nitrogens with one attached hydrogen (secondary N) is 1. The molecule has 2 atom stereocenters. The fourth-order valence-electron chi connectivity index (χ4n) is 2.29. The van der Waals surface area contributed by atoms with Gasteiger partial charge in [-0.25, -0.2) is 8.78 Å². The van der Waals surface area contributed by atoms with Crippen molar-refractivity contribution in [2.45, 2.75) is 25.4 Å². The van der Waals surface area contributed by atoms with Crippen molar-refractivity contribution in [1.82, 2.24) is 5.32 Å². The second-order valence-electron chi connectivity index (χ2n) is 4.61. The summed E-state index contributed by atoms with van der Waals surface area (Å²) in [5, 5.41) is 13.2. The molecule has 0 aliphatic carbocycles. The van der Waals surface area contributed by atoms with E-state index in [1.54, 1.807) is 0 Å². The Balaban J connectivity index is 1.99. The standard InChI is InChI=1S/C13H17F2NO/c14-11-4-3-9(12(15)7-11)6-13(17)10-2-1-5-16-8-10/h3-4,7,10,13,16-17H,1-2,5-6,8H2. The first-order chi connectivity index (χ1) is 8.16. The summed E-state index contributed by atoms with van der Waals surface area (Å²) in [5.41, 5.74) is 0.379. The molecule has 0 radical (unpaired) electrons. The number of piperidine rings is 1. The molecule has 1 heterocycles. The van der Waals surface area contributed by atoms with Crippen LogP contribution < -0.4 is 5.32 Å². The predicted molar refractivity (Wildman–Crippen MR) is 61.7 cm³/mol. The zero-order valence-electron chi connectivity index (χ0n) is 9.63. The SMILES string of the molecule is OC(Cc1ccc(F)cc1F)C1CCCNC1. The van der Waals surface area contributed by atoms with Crippen LogP contribution in [0.1, 0.15) is 18.4 Å². The van der Waals surface area contributed by atoms with E-state index < -0.39 is 17.7 Å². The van der Waals surface area contributed by atoms with Crippen LogP contribution in [0, 0.1) is 17.6 Å². The van der Waals surface area contributed by atoms with E-state index in [1.807, 2.05) is 0 Å². The summed E-state index contributed by atoms with van der Waals surface area (Å²) < 4.78 is 26.1. The van der Waals surface area contributed by atoms with Gasteiger partial charge >= 0.3 is 0 Å². The van der Waals surface area contributed by atoms with Crippen molar-refractivity contribution in [3.63, 3.8) is 0 Å². The number of hydrogen-bond acceptors (Lipinski definition) is 2. The summed E-state index contributed by atoms with van der Waals surface area (Å²) in [6.45, 7) is 1.75. The Hall–Kier alpha value is -1.00. The lowest BCUT2D eigenvalue weighted by molar-refractivity contribution is 0.0914. The molecule has 2 nitrogen and oxygen atoms in total. The van der Waals surface area contributed by atoms with E-state index in [2.05, 4.69) is 5.32 Å². The van der Waals surface area contributed by atoms with Crippen LogP contribution in [0.25, 0.3) is 0 Å². The number of halogens is 2. The molecule has 1 aliphatic rings. The van der Waals surface area contributed by atoms with Crippen LogP contribution in [0.15, 0.2) is 18.2 Å². The van der Waals surface area contributed by atoms with Gasteiger partial charge in [-0.3, -0.25) is 0 Å². The Morgan fingerprint density at radius 1 is 1.41 bits per heavy atom. The van der Waals surface area contributed by atoms with Gasteiger partial charge in [0, 0.05) is 19.0 Å². The molecule has 2 unspecified atom stereocenters. The molecule has 2 N–H and O–H groups in total. The minimum Gasteiger partial charge on any atom is -0.392 e. The molecule has 1 fully saturated rings. The van der Waals surface area contributed by atoms with Gasteiger partial charge in [-0.2, -0.15) is 0 Å². The Bertz CT molecular complexity index is 378. The number of rotatable bonds is 3. The van der Waals surface area contributed by atoms with Crippen LogP contribution in [0.5, 0.6) is 0 Å². The lowest BCUT2D eigenvalue weighted by Gasteiger charge is -2.27. The lowest BCUT2D eigenvalue weighted by Crippen LogP contribution is -2.37. The van der Waals surface area contributed by atoms with Crippen molar-refractivity contribution >= 4 is 0 Å². The van der Waals surface area contributed by atoms with Crippen molar-refractivity contribution in [2.24, 2.45) is 5.92 Å². The summed E-state index contributed by atoms with van der Waals surface area (Å²) in [6, 6.07) is 3.50. The van der Waals surface area contributed by atoms with Gasteiger partial charge in [0.25, 0.3) is 0 Å². The van der Waals surface area contributed by atoms with Crippen molar-refractivity contribution in [2.75, 3.05) is 13.1 Å². The van der Waals surface area contributed by atoms with Gasteiger partial charge in [-0.1, -0.05) is 6.07 Å². The second kappa shape index (κ2) is 5.56. The van der Waals surface area contributed by atoms with Crippen molar-refractivity contribution < 1.29 is 13.9 Å². The third-order valence-corrected chi connectivity index (χ3v) is 3.32. The van der Waals surface area contributed by atoms with Crippen LogP contribution in [0.3, 0.4) is 0 Å². The summed E-state index contributed by atoms with van der Waals surface area (Å²) in [7, 11) is 0. The van der Waals surface area contributed by atoms with E-state index in [-0.39, 0.29) is 12.3 Å². The molecule has 0 bridgehead atoms. The third kappa shape index (κ3) is 3.23. The van der Waals surface area contributed by atoms with Crippen LogP contribution >= 0.6 is 0 Å². The maximum atomic E-state index is 13.4. The zero-order chi connectivity index (χ0) is 12.3. The number of aliphatic hydroxyl groups excluding tert-OH is 1. The molecule has 0 spiro atoms. The fraction of sp³-hybridized carbons (Fsp3) is 0.538. The third-order valence-electron chi connectivity index (χ3n) is 3.32. The first-order valence-corrected chi connectivity index (χ1v) is 5.99. The number of benzene rings is 1. The maximum absolute atomic E-state index is 13.4.